The van der Waals surface area contributed by atoms with Gasteiger partial charge in [-0.15, -0.1) is 0 Å². The predicted octanol–water partition coefficient (Wildman–Crippen LogP) is 3.17. The highest BCUT2D eigenvalue weighted by Crippen LogP contribution is 2.29. The van der Waals surface area contributed by atoms with E-state index in [0.29, 0.717) is 6.04 Å². The van der Waals surface area contributed by atoms with Crippen molar-refractivity contribution in [3.05, 3.63) is 29.8 Å². The van der Waals surface area contributed by atoms with Crippen molar-refractivity contribution in [3.63, 3.8) is 0 Å². The topological polar surface area (TPSA) is 30.5 Å². The zero-order valence-electron chi connectivity index (χ0n) is 12.9. The quantitative estimate of drug-likeness (QED) is 0.791. The Morgan fingerprint density at radius 2 is 1.90 bits per heavy atom. The Labute approximate surface area is 122 Å². The van der Waals surface area contributed by atoms with Crippen LogP contribution in [0.15, 0.2) is 24.3 Å². The average Bonchev–Trinajstić information content (AvgIpc) is 2.48. The van der Waals surface area contributed by atoms with Gasteiger partial charge in [-0.2, -0.15) is 0 Å². The van der Waals surface area contributed by atoms with E-state index in [2.05, 4.69) is 43.4 Å². The van der Waals surface area contributed by atoms with Gasteiger partial charge in [0.15, 0.2) is 0 Å². The fourth-order valence-electron chi connectivity index (χ4n) is 2.62. The lowest BCUT2D eigenvalue weighted by molar-refractivity contribution is -0.104. The minimum Gasteiger partial charge on any atom is -0.488 e. The lowest BCUT2D eigenvalue weighted by Gasteiger charge is -2.44. The number of aryl methyl sites for hydroxylation is 1. The summed E-state index contributed by atoms with van der Waals surface area (Å²) in [5.74, 6) is 0.950. The number of nitrogens with one attached hydrogen (secondary N) is 1. The van der Waals surface area contributed by atoms with E-state index < -0.39 is 0 Å². The molecule has 0 spiro atoms. The van der Waals surface area contributed by atoms with Crippen molar-refractivity contribution in [2.75, 3.05) is 13.2 Å². The molecule has 1 fully saturated rings. The number of benzene rings is 1. The molecule has 0 radical (unpaired) electrons. The molecule has 3 atom stereocenters. The van der Waals surface area contributed by atoms with Crippen LogP contribution in [-0.4, -0.2) is 31.4 Å². The summed E-state index contributed by atoms with van der Waals surface area (Å²) >= 11 is 0. The fourth-order valence-corrected chi connectivity index (χ4v) is 2.62. The van der Waals surface area contributed by atoms with Crippen molar-refractivity contribution < 1.29 is 9.47 Å². The molecule has 0 saturated heterocycles. The summed E-state index contributed by atoms with van der Waals surface area (Å²) in [7, 11) is 0. The van der Waals surface area contributed by atoms with Crippen LogP contribution >= 0.6 is 0 Å². The van der Waals surface area contributed by atoms with E-state index in [1.807, 2.05) is 6.92 Å². The predicted molar refractivity (Wildman–Crippen MR) is 82.3 cm³/mol. The Kier molecular flexibility index (Phi) is 5.86. The monoisotopic (exact) mass is 277 g/mol. The first kappa shape index (κ1) is 15.3. The molecule has 1 aromatic rings. The lowest BCUT2D eigenvalue weighted by atomic mass is 9.85. The average molecular weight is 277 g/mol. The molecule has 1 N–H and O–H groups in total. The Balaban J connectivity index is 1.88. The van der Waals surface area contributed by atoms with Crippen molar-refractivity contribution >= 4 is 0 Å². The van der Waals surface area contributed by atoms with Gasteiger partial charge in [0.25, 0.3) is 0 Å². The van der Waals surface area contributed by atoms with Gasteiger partial charge in [-0.3, -0.25) is 0 Å². The van der Waals surface area contributed by atoms with Crippen LogP contribution in [0.1, 0.15) is 39.2 Å². The third-order valence-electron chi connectivity index (χ3n) is 3.88. The molecule has 112 valence electrons. The molecule has 2 rings (SSSR count). The van der Waals surface area contributed by atoms with Crippen LogP contribution in [0.5, 0.6) is 5.75 Å². The Bertz CT molecular complexity index is 390. The van der Waals surface area contributed by atoms with Crippen molar-refractivity contribution in [2.45, 2.75) is 58.3 Å². The molecule has 0 bridgehead atoms. The first-order valence-electron chi connectivity index (χ1n) is 7.89. The molecule has 0 aromatic heterocycles. The van der Waals surface area contributed by atoms with Crippen molar-refractivity contribution in [1.82, 2.24) is 5.32 Å². The molecule has 0 amide bonds. The molecule has 20 heavy (non-hydrogen) atoms. The summed E-state index contributed by atoms with van der Waals surface area (Å²) in [6.45, 7) is 8.18. The van der Waals surface area contributed by atoms with Crippen molar-refractivity contribution in [3.8, 4) is 5.75 Å². The maximum atomic E-state index is 6.06. The van der Waals surface area contributed by atoms with Gasteiger partial charge in [-0.1, -0.05) is 26.0 Å². The largest absolute Gasteiger partial charge is 0.488 e. The maximum Gasteiger partial charge on any atom is 0.128 e. The summed E-state index contributed by atoms with van der Waals surface area (Å²) < 4.78 is 11.9. The van der Waals surface area contributed by atoms with Gasteiger partial charge in [-0.25, -0.2) is 0 Å². The van der Waals surface area contributed by atoms with Crippen LogP contribution in [0.3, 0.4) is 0 Å². The van der Waals surface area contributed by atoms with E-state index in [0.717, 1.165) is 38.2 Å². The summed E-state index contributed by atoms with van der Waals surface area (Å²) in [6.07, 6.45) is 3.60. The fraction of sp³-hybridized carbons (Fsp3) is 0.647. The molecule has 0 aliphatic heterocycles. The van der Waals surface area contributed by atoms with Gasteiger partial charge in [0, 0.05) is 19.1 Å². The van der Waals surface area contributed by atoms with Gasteiger partial charge >= 0.3 is 0 Å². The van der Waals surface area contributed by atoms with E-state index in [9.17, 15) is 0 Å². The third kappa shape index (κ3) is 3.74. The smallest absolute Gasteiger partial charge is 0.128 e. The van der Waals surface area contributed by atoms with E-state index >= 15 is 0 Å². The standard InChI is InChI=1S/C17H27NO2/c1-4-11-18-15-12-16(17(15)19-6-3)20-14-9-7-13(5-2)8-10-14/h7-10,15-18H,4-6,11-12H2,1-3H3. The minimum atomic E-state index is 0.178. The van der Waals surface area contributed by atoms with E-state index in [4.69, 9.17) is 9.47 Å². The Morgan fingerprint density at radius 3 is 2.50 bits per heavy atom. The lowest BCUT2D eigenvalue weighted by Crippen LogP contribution is -2.61. The summed E-state index contributed by atoms with van der Waals surface area (Å²) in [5.41, 5.74) is 1.34. The highest BCUT2D eigenvalue weighted by Gasteiger charge is 2.43. The minimum absolute atomic E-state index is 0.178. The number of rotatable bonds is 8. The second-order valence-corrected chi connectivity index (χ2v) is 5.37. The molecule has 1 aliphatic rings. The van der Waals surface area contributed by atoms with Crippen LogP contribution in [0.4, 0.5) is 0 Å². The van der Waals surface area contributed by atoms with Crippen LogP contribution < -0.4 is 10.1 Å². The van der Waals surface area contributed by atoms with Gasteiger partial charge < -0.3 is 14.8 Å². The summed E-state index contributed by atoms with van der Waals surface area (Å²) in [5, 5.41) is 3.53. The zero-order valence-corrected chi connectivity index (χ0v) is 12.9. The van der Waals surface area contributed by atoms with Gasteiger partial charge in [-0.05, 0) is 44.0 Å². The molecule has 3 heteroatoms. The van der Waals surface area contributed by atoms with Gasteiger partial charge in [0.1, 0.15) is 18.0 Å². The van der Waals surface area contributed by atoms with Gasteiger partial charge in [0.05, 0.1) is 0 Å². The van der Waals surface area contributed by atoms with Crippen molar-refractivity contribution in [1.29, 1.82) is 0 Å². The maximum absolute atomic E-state index is 6.06. The molecular formula is C17H27NO2. The van der Waals surface area contributed by atoms with E-state index in [-0.39, 0.29) is 12.2 Å². The molecule has 3 unspecified atom stereocenters. The zero-order chi connectivity index (χ0) is 14.4. The van der Waals surface area contributed by atoms with Crippen molar-refractivity contribution in [2.24, 2.45) is 0 Å². The SMILES string of the molecule is CCCNC1CC(Oc2ccc(CC)cc2)C1OCC. The second-order valence-electron chi connectivity index (χ2n) is 5.37. The number of hydrogen-bond donors (Lipinski definition) is 1. The molecule has 1 aliphatic carbocycles. The molecule has 1 saturated carbocycles. The Morgan fingerprint density at radius 1 is 1.15 bits per heavy atom. The van der Waals surface area contributed by atoms with Crippen LogP contribution in [0.2, 0.25) is 0 Å². The molecule has 1 aromatic carbocycles. The first-order chi connectivity index (χ1) is 9.78. The summed E-state index contributed by atoms with van der Waals surface area (Å²) in [4.78, 5) is 0. The molecule has 0 heterocycles. The Hall–Kier alpha value is -1.06. The normalized spacial score (nSPS) is 25.2. The number of ether oxygens (including phenoxy) is 2. The highest BCUT2D eigenvalue weighted by atomic mass is 16.5. The van der Waals surface area contributed by atoms with Crippen LogP contribution in [-0.2, 0) is 11.2 Å². The molecule has 3 nitrogen and oxygen atoms in total. The first-order valence-corrected chi connectivity index (χ1v) is 7.89. The van der Waals surface area contributed by atoms with E-state index in [1.165, 1.54) is 5.56 Å². The van der Waals surface area contributed by atoms with Gasteiger partial charge in [0.2, 0.25) is 0 Å². The summed E-state index contributed by atoms with van der Waals surface area (Å²) in [6, 6.07) is 8.84. The second kappa shape index (κ2) is 7.65. The van der Waals surface area contributed by atoms with Crippen LogP contribution in [0, 0.1) is 0 Å². The van der Waals surface area contributed by atoms with E-state index in [1.54, 1.807) is 0 Å². The molecular weight excluding hydrogens is 250 g/mol. The highest BCUT2D eigenvalue weighted by molar-refractivity contribution is 5.28. The van der Waals surface area contributed by atoms with Crippen LogP contribution in [0.25, 0.3) is 0 Å². The number of hydrogen-bond acceptors (Lipinski definition) is 3. The third-order valence-corrected chi connectivity index (χ3v) is 3.88.